The summed E-state index contributed by atoms with van der Waals surface area (Å²) in [5.74, 6) is -1.05. The lowest BCUT2D eigenvalue weighted by molar-refractivity contribution is -0.137. The number of pyridine rings is 1. The maximum absolute atomic E-state index is 14.3. The Hall–Kier alpha value is -4.24. The van der Waals surface area contributed by atoms with E-state index < -0.39 is 44.8 Å². The van der Waals surface area contributed by atoms with Crippen LogP contribution in [-0.2, 0) is 29.7 Å². The number of fused-ring (bicyclic) bond motifs is 2. The van der Waals surface area contributed by atoms with Crippen molar-refractivity contribution >= 4 is 21.9 Å². The molecule has 3 aromatic heterocycles. The van der Waals surface area contributed by atoms with Crippen molar-refractivity contribution in [2.24, 2.45) is 12.5 Å². The van der Waals surface area contributed by atoms with Gasteiger partial charge in [-0.1, -0.05) is 10.8 Å². The van der Waals surface area contributed by atoms with Crippen molar-refractivity contribution in [1.29, 1.82) is 0 Å². The first-order chi connectivity index (χ1) is 20.3. The smallest absolute Gasteiger partial charge is 0.291 e. The van der Waals surface area contributed by atoms with Crippen LogP contribution in [0.1, 0.15) is 46.6 Å². The SMILES string of the molecule is CN([C@H]1CCC2=Cc3c(cnn3-c3ccc(F)cc3)C[C@]2(C(=O)c2cc(C(F)(F)F)ccn2)C1)S(=O)(=O)c1cnnn1C. The molecule has 0 amide bonds. The molecule has 4 aromatic rings. The number of alkyl halides is 3. The number of Topliss-reactive ketones (excluding diaryl/α,β-unsaturated/α-hetero) is 1. The number of aryl methyl sites for hydroxylation is 1. The number of carbonyl (C=O) groups is 1. The van der Waals surface area contributed by atoms with Crippen molar-refractivity contribution in [3.63, 3.8) is 0 Å². The third-order valence-electron chi connectivity index (χ3n) is 8.29. The lowest BCUT2D eigenvalue weighted by atomic mass is 9.60. The number of aromatic nitrogens is 6. The summed E-state index contributed by atoms with van der Waals surface area (Å²) >= 11 is 0. The van der Waals surface area contributed by atoms with E-state index in [-0.39, 0.29) is 30.0 Å². The van der Waals surface area contributed by atoms with E-state index in [9.17, 15) is 30.8 Å². The number of carbonyl (C=O) groups excluding carboxylic acids is 1. The Labute approximate surface area is 243 Å². The van der Waals surface area contributed by atoms with Gasteiger partial charge in [-0.2, -0.15) is 22.6 Å². The molecule has 1 aromatic carbocycles. The fourth-order valence-corrected chi connectivity index (χ4v) is 7.43. The first-order valence-electron chi connectivity index (χ1n) is 13.3. The number of rotatable bonds is 6. The second kappa shape index (κ2) is 10.2. The zero-order valence-electron chi connectivity index (χ0n) is 23.0. The molecule has 2 aliphatic rings. The van der Waals surface area contributed by atoms with Gasteiger partial charge >= 0.3 is 6.18 Å². The van der Waals surface area contributed by atoms with E-state index in [1.54, 1.807) is 29.1 Å². The van der Waals surface area contributed by atoms with Crippen LogP contribution in [0, 0.1) is 11.2 Å². The van der Waals surface area contributed by atoms with Crippen molar-refractivity contribution in [3.8, 4) is 5.69 Å². The molecule has 6 rings (SSSR count). The van der Waals surface area contributed by atoms with Crippen LogP contribution in [-0.4, -0.2) is 61.4 Å². The van der Waals surface area contributed by atoms with Gasteiger partial charge in [0.2, 0.25) is 0 Å². The first-order valence-corrected chi connectivity index (χ1v) is 14.7. The Morgan fingerprint density at radius 1 is 1.14 bits per heavy atom. The summed E-state index contributed by atoms with van der Waals surface area (Å²) in [5.41, 5.74) is -0.253. The molecule has 2 atom stereocenters. The molecule has 2 aliphatic carbocycles. The van der Waals surface area contributed by atoms with Crippen LogP contribution in [0.3, 0.4) is 0 Å². The van der Waals surface area contributed by atoms with E-state index in [1.807, 2.05) is 0 Å². The molecule has 1 saturated carbocycles. The molecule has 0 aliphatic heterocycles. The fourth-order valence-electron chi connectivity index (χ4n) is 6.02. The lowest BCUT2D eigenvalue weighted by Gasteiger charge is -2.45. The predicted octanol–water partition coefficient (Wildman–Crippen LogP) is 4.24. The largest absolute Gasteiger partial charge is 0.416 e. The summed E-state index contributed by atoms with van der Waals surface area (Å²) in [6, 6.07) is 6.56. The average Bonchev–Trinajstić information content (AvgIpc) is 3.60. The molecule has 0 spiro atoms. The van der Waals surface area contributed by atoms with Gasteiger partial charge in [0, 0.05) is 26.3 Å². The van der Waals surface area contributed by atoms with Crippen LogP contribution < -0.4 is 0 Å². The van der Waals surface area contributed by atoms with E-state index in [2.05, 4.69) is 20.4 Å². The quantitative estimate of drug-likeness (QED) is 0.235. The van der Waals surface area contributed by atoms with Crippen molar-refractivity contribution < 1.29 is 30.8 Å². The zero-order chi connectivity index (χ0) is 30.7. The highest BCUT2D eigenvalue weighted by molar-refractivity contribution is 7.89. The summed E-state index contributed by atoms with van der Waals surface area (Å²) in [5, 5.41) is 11.7. The number of ketones is 1. The second-order valence-electron chi connectivity index (χ2n) is 10.7. The Morgan fingerprint density at radius 3 is 2.56 bits per heavy atom. The second-order valence-corrected chi connectivity index (χ2v) is 12.7. The highest BCUT2D eigenvalue weighted by Gasteiger charge is 2.51. The molecule has 3 heterocycles. The Balaban J connectivity index is 1.44. The van der Waals surface area contributed by atoms with E-state index in [1.165, 1.54) is 30.5 Å². The highest BCUT2D eigenvalue weighted by atomic mass is 32.2. The number of benzene rings is 1. The summed E-state index contributed by atoms with van der Waals surface area (Å²) in [6.07, 6.45) is 1.42. The van der Waals surface area contributed by atoms with Crippen LogP contribution in [0.2, 0.25) is 0 Å². The predicted molar refractivity (Wildman–Crippen MR) is 145 cm³/mol. The van der Waals surface area contributed by atoms with Crippen LogP contribution in [0.25, 0.3) is 11.8 Å². The van der Waals surface area contributed by atoms with Gasteiger partial charge in [0.1, 0.15) is 11.5 Å². The molecule has 0 unspecified atom stereocenters. The van der Waals surface area contributed by atoms with E-state index in [0.717, 1.165) is 29.2 Å². The third kappa shape index (κ3) is 4.85. The van der Waals surface area contributed by atoms with Gasteiger partial charge in [-0.15, -0.1) is 5.10 Å². The standard InChI is InChI=1S/C28H25F4N7O3S/c1-37-25(16-34-36-37)43(41,42)38(2)22-6-3-18-12-24-17(15-35-39(24)21-7-4-20(29)5-8-21)13-27(18,14-22)26(40)23-11-19(9-10-33-23)28(30,31)32/h4-5,7-12,15-16,22H,3,6,13-14H2,1-2H3/t22-,27-/m0/s1. The number of nitrogens with zero attached hydrogens (tertiary/aromatic N) is 7. The number of hydrogen-bond donors (Lipinski definition) is 0. The van der Waals surface area contributed by atoms with Gasteiger partial charge in [0.05, 0.1) is 34.8 Å². The van der Waals surface area contributed by atoms with E-state index in [0.29, 0.717) is 28.9 Å². The van der Waals surface area contributed by atoms with Crippen LogP contribution in [0.4, 0.5) is 17.6 Å². The van der Waals surface area contributed by atoms with Crippen molar-refractivity contribution in [2.45, 2.75) is 42.9 Å². The fraction of sp³-hybridized carbons (Fsp3) is 0.321. The molecule has 0 N–H and O–H groups in total. The van der Waals surface area contributed by atoms with Gasteiger partial charge in [0.25, 0.3) is 10.0 Å². The van der Waals surface area contributed by atoms with Crippen molar-refractivity contribution in [3.05, 3.63) is 88.9 Å². The summed E-state index contributed by atoms with van der Waals surface area (Å²) < 4.78 is 85.3. The Kier molecular flexibility index (Phi) is 6.84. The molecule has 10 nitrogen and oxygen atoms in total. The minimum absolute atomic E-state index is 0.00221. The minimum Gasteiger partial charge on any atom is -0.291 e. The van der Waals surface area contributed by atoms with Crippen molar-refractivity contribution in [2.75, 3.05) is 7.05 Å². The molecule has 1 fully saturated rings. The minimum atomic E-state index is -4.69. The first kappa shape index (κ1) is 28.9. The normalized spacial score (nSPS) is 20.4. The van der Waals surface area contributed by atoms with Crippen molar-refractivity contribution in [1.82, 2.24) is 34.1 Å². The molecule has 224 valence electrons. The number of halogens is 4. The maximum Gasteiger partial charge on any atom is 0.416 e. The zero-order valence-corrected chi connectivity index (χ0v) is 23.8. The Morgan fingerprint density at radius 2 is 1.88 bits per heavy atom. The lowest BCUT2D eigenvalue weighted by Crippen LogP contribution is -2.49. The van der Waals surface area contributed by atoms with E-state index >= 15 is 0 Å². The summed E-state index contributed by atoms with van der Waals surface area (Å²) in [6.45, 7) is 0. The molecular weight excluding hydrogens is 590 g/mol. The third-order valence-corrected chi connectivity index (χ3v) is 10.2. The molecular formula is C28H25F4N7O3S. The van der Waals surface area contributed by atoms with Crippen LogP contribution in [0.5, 0.6) is 0 Å². The maximum atomic E-state index is 14.3. The van der Waals surface area contributed by atoms with Gasteiger partial charge in [-0.3, -0.25) is 9.78 Å². The number of sulfonamides is 1. The molecule has 15 heteroatoms. The summed E-state index contributed by atoms with van der Waals surface area (Å²) in [4.78, 5) is 18.3. The number of allylic oxidation sites excluding steroid dienone is 1. The van der Waals surface area contributed by atoms with Crippen LogP contribution in [0.15, 0.2) is 65.6 Å². The number of hydrogen-bond acceptors (Lipinski definition) is 7. The van der Waals surface area contributed by atoms with Gasteiger partial charge < -0.3 is 0 Å². The van der Waals surface area contributed by atoms with Crippen LogP contribution >= 0.6 is 0 Å². The molecule has 0 radical (unpaired) electrons. The molecule has 0 saturated heterocycles. The Bertz CT molecular complexity index is 1870. The van der Waals surface area contributed by atoms with Gasteiger partial charge in [0.15, 0.2) is 10.8 Å². The highest BCUT2D eigenvalue weighted by Crippen LogP contribution is 2.51. The monoisotopic (exact) mass is 615 g/mol. The van der Waals surface area contributed by atoms with Gasteiger partial charge in [-0.25, -0.2) is 22.2 Å². The molecule has 0 bridgehead atoms. The van der Waals surface area contributed by atoms with Gasteiger partial charge in [-0.05, 0) is 73.7 Å². The molecule has 43 heavy (non-hydrogen) atoms. The summed E-state index contributed by atoms with van der Waals surface area (Å²) in [7, 11) is -1.22. The topological polar surface area (TPSA) is 116 Å². The van der Waals surface area contributed by atoms with E-state index in [4.69, 9.17) is 0 Å². The average molecular weight is 616 g/mol.